The third-order valence-corrected chi connectivity index (χ3v) is 3.51. The summed E-state index contributed by atoms with van der Waals surface area (Å²) in [7, 11) is 3.26. The number of methoxy groups -OCH3 is 2. The van der Waals surface area contributed by atoms with Crippen molar-refractivity contribution >= 4 is 16.5 Å². The number of nitrogens with zero attached hydrogens (tertiary/aromatic N) is 1. The van der Waals surface area contributed by atoms with Crippen LogP contribution in [0.3, 0.4) is 0 Å². The summed E-state index contributed by atoms with van der Waals surface area (Å²) in [5.74, 6) is 1.34. The van der Waals surface area contributed by atoms with E-state index in [1.807, 2.05) is 36.4 Å². The normalized spacial score (nSPS) is 10.6. The number of aromatic nitrogens is 1. The highest BCUT2D eigenvalue weighted by Gasteiger charge is 2.17. The van der Waals surface area contributed by atoms with E-state index in [4.69, 9.17) is 15.2 Å². The van der Waals surface area contributed by atoms with Gasteiger partial charge in [-0.05, 0) is 23.6 Å². The van der Waals surface area contributed by atoms with Crippen molar-refractivity contribution in [1.82, 2.24) is 4.98 Å². The second-order valence-corrected chi connectivity index (χ2v) is 4.67. The van der Waals surface area contributed by atoms with Gasteiger partial charge in [0.25, 0.3) is 0 Å². The second kappa shape index (κ2) is 5.32. The first-order valence-electron chi connectivity index (χ1n) is 6.60. The van der Waals surface area contributed by atoms with E-state index in [-0.39, 0.29) is 0 Å². The SMILES string of the molecule is COc1cc2c(N)cccc2c(-c2cccnc2)c1OC. The number of nitrogens with two attached hydrogens (primary N) is 1. The molecule has 2 N–H and O–H groups in total. The molecule has 0 bridgehead atoms. The molecule has 1 aromatic heterocycles. The van der Waals surface area contributed by atoms with Crippen molar-refractivity contribution in [2.24, 2.45) is 0 Å². The standard InChI is InChI=1S/C17H16N2O2/c1-20-15-9-13-12(6-3-7-14(13)18)16(17(15)21-2)11-5-4-8-19-10-11/h3-10H,18H2,1-2H3. The van der Waals surface area contributed by atoms with Crippen LogP contribution in [0.4, 0.5) is 5.69 Å². The third kappa shape index (κ3) is 2.14. The Morgan fingerprint density at radius 3 is 2.52 bits per heavy atom. The molecule has 0 unspecified atom stereocenters. The van der Waals surface area contributed by atoms with Crippen molar-refractivity contribution in [1.29, 1.82) is 0 Å². The van der Waals surface area contributed by atoms with Gasteiger partial charge in [-0.3, -0.25) is 4.98 Å². The van der Waals surface area contributed by atoms with Gasteiger partial charge in [0.05, 0.1) is 14.2 Å². The molecule has 4 heteroatoms. The van der Waals surface area contributed by atoms with Crippen molar-refractivity contribution in [2.45, 2.75) is 0 Å². The van der Waals surface area contributed by atoms with Crippen LogP contribution in [0, 0.1) is 0 Å². The fourth-order valence-electron chi connectivity index (χ4n) is 2.56. The summed E-state index contributed by atoms with van der Waals surface area (Å²) >= 11 is 0. The van der Waals surface area contributed by atoms with E-state index >= 15 is 0 Å². The van der Waals surface area contributed by atoms with Crippen LogP contribution >= 0.6 is 0 Å². The average molecular weight is 280 g/mol. The van der Waals surface area contributed by atoms with Crippen LogP contribution in [0.25, 0.3) is 21.9 Å². The van der Waals surface area contributed by atoms with Gasteiger partial charge >= 0.3 is 0 Å². The molecule has 21 heavy (non-hydrogen) atoms. The molecule has 0 atom stereocenters. The molecule has 0 amide bonds. The van der Waals surface area contributed by atoms with Crippen LogP contribution in [0.5, 0.6) is 11.5 Å². The first kappa shape index (κ1) is 13.2. The minimum absolute atomic E-state index is 0.654. The fourth-order valence-corrected chi connectivity index (χ4v) is 2.56. The lowest BCUT2D eigenvalue weighted by Crippen LogP contribution is -1.97. The molecule has 0 spiro atoms. The molecule has 0 saturated heterocycles. The van der Waals surface area contributed by atoms with Gasteiger partial charge in [0.15, 0.2) is 11.5 Å². The minimum Gasteiger partial charge on any atom is -0.493 e. The Kier molecular flexibility index (Phi) is 3.36. The van der Waals surface area contributed by atoms with Gasteiger partial charge < -0.3 is 15.2 Å². The Bertz CT molecular complexity index is 786. The largest absolute Gasteiger partial charge is 0.493 e. The van der Waals surface area contributed by atoms with Gasteiger partial charge in [0.2, 0.25) is 0 Å². The predicted octanol–water partition coefficient (Wildman–Crippen LogP) is 3.50. The van der Waals surface area contributed by atoms with Gasteiger partial charge in [-0.2, -0.15) is 0 Å². The first-order valence-corrected chi connectivity index (χ1v) is 6.60. The highest BCUT2D eigenvalue weighted by atomic mass is 16.5. The molecule has 0 aliphatic rings. The highest BCUT2D eigenvalue weighted by Crippen LogP contribution is 2.44. The Balaban J connectivity index is 2.47. The molecule has 4 nitrogen and oxygen atoms in total. The summed E-state index contributed by atoms with van der Waals surface area (Å²) < 4.78 is 11.0. The number of hydrogen-bond donors (Lipinski definition) is 1. The summed E-state index contributed by atoms with van der Waals surface area (Å²) in [4.78, 5) is 4.19. The molecule has 0 aliphatic heterocycles. The number of fused-ring (bicyclic) bond motifs is 1. The molecular formula is C17H16N2O2. The molecule has 0 aliphatic carbocycles. The molecule has 3 aromatic rings. The monoisotopic (exact) mass is 280 g/mol. The molecule has 1 heterocycles. The smallest absolute Gasteiger partial charge is 0.169 e. The maximum atomic E-state index is 6.11. The molecule has 0 radical (unpaired) electrons. The van der Waals surface area contributed by atoms with E-state index in [1.165, 1.54) is 0 Å². The average Bonchev–Trinajstić information content (AvgIpc) is 2.54. The van der Waals surface area contributed by atoms with Crippen LogP contribution < -0.4 is 15.2 Å². The van der Waals surface area contributed by atoms with Crippen LogP contribution in [0.15, 0.2) is 48.8 Å². The van der Waals surface area contributed by atoms with Crippen molar-refractivity contribution < 1.29 is 9.47 Å². The maximum absolute atomic E-state index is 6.11. The predicted molar refractivity (Wildman–Crippen MR) is 84.7 cm³/mol. The van der Waals surface area contributed by atoms with E-state index in [0.717, 1.165) is 21.9 Å². The third-order valence-electron chi connectivity index (χ3n) is 3.51. The van der Waals surface area contributed by atoms with Crippen molar-refractivity contribution in [2.75, 3.05) is 20.0 Å². The van der Waals surface area contributed by atoms with E-state index in [9.17, 15) is 0 Å². The summed E-state index contributed by atoms with van der Waals surface area (Å²) in [6, 6.07) is 11.6. The van der Waals surface area contributed by atoms with Gasteiger partial charge in [-0.1, -0.05) is 18.2 Å². The van der Waals surface area contributed by atoms with E-state index < -0.39 is 0 Å². The van der Waals surface area contributed by atoms with Crippen molar-refractivity contribution in [3.05, 3.63) is 48.8 Å². The Morgan fingerprint density at radius 2 is 1.86 bits per heavy atom. The summed E-state index contributed by atoms with van der Waals surface area (Å²) in [6.07, 6.45) is 3.55. The zero-order valence-electron chi connectivity index (χ0n) is 12.0. The van der Waals surface area contributed by atoms with Crippen molar-refractivity contribution in [3.63, 3.8) is 0 Å². The fraction of sp³-hybridized carbons (Fsp3) is 0.118. The zero-order chi connectivity index (χ0) is 14.8. The zero-order valence-corrected chi connectivity index (χ0v) is 12.0. The van der Waals surface area contributed by atoms with E-state index in [1.54, 1.807) is 26.6 Å². The second-order valence-electron chi connectivity index (χ2n) is 4.67. The number of rotatable bonds is 3. The summed E-state index contributed by atoms with van der Waals surface area (Å²) in [5, 5.41) is 1.95. The maximum Gasteiger partial charge on any atom is 0.169 e. The molecule has 3 rings (SSSR count). The lowest BCUT2D eigenvalue weighted by molar-refractivity contribution is 0.357. The van der Waals surface area contributed by atoms with Gasteiger partial charge in [0, 0.05) is 34.6 Å². The lowest BCUT2D eigenvalue weighted by Gasteiger charge is -2.16. The number of anilines is 1. The van der Waals surface area contributed by atoms with Crippen LogP contribution in [0.2, 0.25) is 0 Å². The van der Waals surface area contributed by atoms with Crippen LogP contribution in [-0.2, 0) is 0 Å². The van der Waals surface area contributed by atoms with Gasteiger partial charge in [0.1, 0.15) is 0 Å². The highest BCUT2D eigenvalue weighted by molar-refractivity contribution is 6.06. The molecular weight excluding hydrogens is 264 g/mol. The number of ether oxygens (including phenoxy) is 2. The number of hydrogen-bond acceptors (Lipinski definition) is 4. The lowest BCUT2D eigenvalue weighted by atomic mass is 9.96. The van der Waals surface area contributed by atoms with Gasteiger partial charge in [-0.25, -0.2) is 0 Å². The van der Waals surface area contributed by atoms with E-state index in [0.29, 0.717) is 17.2 Å². The molecule has 2 aromatic carbocycles. The van der Waals surface area contributed by atoms with Crippen molar-refractivity contribution in [3.8, 4) is 22.6 Å². The first-order chi connectivity index (χ1) is 10.3. The quantitative estimate of drug-likeness (QED) is 0.746. The summed E-state index contributed by atoms with van der Waals surface area (Å²) in [5.41, 5.74) is 8.71. The summed E-state index contributed by atoms with van der Waals surface area (Å²) in [6.45, 7) is 0. The van der Waals surface area contributed by atoms with Gasteiger partial charge in [-0.15, -0.1) is 0 Å². The van der Waals surface area contributed by atoms with E-state index in [2.05, 4.69) is 4.98 Å². The minimum atomic E-state index is 0.654. The topological polar surface area (TPSA) is 57.4 Å². The molecule has 0 saturated carbocycles. The molecule has 0 fully saturated rings. The Hall–Kier alpha value is -2.75. The van der Waals surface area contributed by atoms with Crippen LogP contribution in [-0.4, -0.2) is 19.2 Å². The Morgan fingerprint density at radius 1 is 1.00 bits per heavy atom. The Labute approximate surface area is 123 Å². The number of pyridine rings is 1. The van der Waals surface area contributed by atoms with Crippen LogP contribution in [0.1, 0.15) is 0 Å². The number of nitrogen functional groups attached to an aromatic ring is 1. The number of benzene rings is 2. The molecule has 106 valence electrons.